The van der Waals surface area contributed by atoms with Crippen LogP contribution in [0.15, 0.2) is 118 Å². The minimum Gasteiger partial charge on any atom is -0.344 e. The number of nitrogens with two attached hydrogens (primary N) is 1. The molecule has 240 valence electrons. The maximum absolute atomic E-state index is 14.1. The molecule has 0 atom stereocenters. The van der Waals surface area contributed by atoms with Crippen LogP contribution in [0, 0.1) is 16.0 Å². The van der Waals surface area contributed by atoms with E-state index in [9.17, 15) is 23.3 Å². The first-order valence-electron chi connectivity index (χ1n) is 15.3. The smallest absolute Gasteiger partial charge is 0.281 e. The van der Waals surface area contributed by atoms with E-state index in [0.29, 0.717) is 28.5 Å². The van der Waals surface area contributed by atoms with Crippen molar-refractivity contribution in [2.45, 2.75) is 44.4 Å². The summed E-state index contributed by atoms with van der Waals surface area (Å²) >= 11 is 0. The van der Waals surface area contributed by atoms with Crippen molar-refractivity contribution in [2.24, 2.45) is 16.2 Å². The van der Waals surface area contributed by atoms with Gasteiger partial charge in [-0.05, 0) is 83.3 Å². The number of nitro groups is 1. The van der Waals surface area contributed by atoms with E-state index in [-0.39, 0.29) is 10.6 Å². The summed E-state index contributed by atoms with van der Waals surface area (Å²) in [6, 6.07) is 24.1. The number of amides is 1. The fourth-order valence-electron chi connectivity index (χ4n) is 6.30. The fourth-order valence-corrected chi connectivity index (χ4v) is 6.81. The summed E-state index contributed by atoms with van der Waals surface area (Å²) in [4.78, 5) is 27.1. The summed E-state index contributed by atoms with van der Waals surface area (Å²) in [5, 5.41) is 24.8. The lowest BCUT2D eigenvalue weighted by atomic mass is 9.81. The van der Waals surface area contributed by atoms with Crippen molar-refractivity contribution in [1.82, 2.24) is 0 Å². The number of hydrogen-bond donors (Lipinski definition) is 1. The third-order valence-electron chi connectivity index (χ3n) is 8.73. The highest BCUT2D eigenvalue weighted by molar-refractivity contribution is 7.89. The molecule has 2 N–H and O–H groups in total. The number of hydrazone groups is 1. The molecule has 2 aliphatic heterocycles. The quantitative estimate of drug-likeness (QED) is 0.127. The van der Waals surface area contributed by atoms with Crippen LogP contribution in [0.2, 0.25) is 0 Å². The van der Waals surface area contributed by atoms with Gasteiger partial charge in [0.05, 0.1) is 21.1 Å². The van der Waals surface area contributed by atoms with E-state index in [4.69, 9.17) is 5.14 Å². The SMILES string of the molecule is CC(C)CCN1/C(=C/C=C2\C(=O)N(c3ccc(S(N)(=O)=O)cc3)N=C2c2ccc([N+](=O)[O-])cc2)C(C)(C)c2c1ccc1ccccc21. The Hall–Kier alpha value is -5.13. The van der Waals surface area contributed by atoms with Crippen molar-refractivity contribution in [3.63, 3.8) is 0 Å². The molecular formula is C36H35N5O5S. The summed E-state index contributed by atoms with van der Waals surface area (Å²) < 4.78 is 23.6. The van der Waals surface area contributed by atoms with Gasteiger partial charge in [-0.1, -0.05) is 58.0 Å². The van der Waals surface area contributed by atoms with Crippen LogP contribution < -0.4 is 15.0 Å². The van der Waals surface area contributed by atoms with Gasteiger partial charge in [0, 0.05) is 41.0 Å². The average Bonchev–Trinajstić information content (AvgIpc) is 3.48. The zero-order chi connectivity index (χ0) is 33.7. The highest BCUT2D eigenvalue weighted by Gasteiger charge is 2.41. The highest BCUT2D eigenvalue weighted by Crippen LogP contribution is 2.51. The number of nitrogens with zero attached hydrogens (tertiary/aromatic N) is 4. The maximum atomic E-state index is 14.1. The third-order valence-corrected chi connectivity index (χ3v) is 9.66. The lowest BCUT2D eigenvalue weighted by molar-refractivity contribution is -0.384. The molecule has 2 heterocycles. The lowest BCUT2D eigenvalue weighted by Gasteiger charge is -2.27. The molecule has 1 amide bonds. The summed E-state index contributed by atoms with van der Waals surface area (Å²) in [6.07, 6.45) is 4.72. The van der Waals surface area contributed by atoms with E-state index in [1.807, 2.05) is 12.1 Å². The lowest BCUT2D eigenvalue weighted by Crippen LogP contribution is -2.28. The average molecular weight is 650 g/mol. The van der Waals surface area contributed by atoms with E-state index < -0.39 is 26.3 Å². The van der Waals surface area contributed by atoms with E-state index >= 15 is 0 Å². The van der Waals surface area contributed by atoms with Crippen LogP contribution in [0.4, 0.5) is 17.1 Å². The molecule has 0 bridgehead atoms. The molecule has 0 aromatic heterocycles. The van der Waals surface area contributed by atoms with Crippen molar-refractivity contribution in [3.8, 4) is 0 Å². The Balaban J connectivity index is 1.48. The van der Waals surface area contributed by atoms with Gasteiger partial charge in [-0.25, -0.2) is 13.6 Å². The van der Waals surface area contributed by atoms with Crippen LogP contribution in [-0.4, -0.2) is 31.5 Å². The zero-order valence-electron chi connectivity index (χ0n) is 26.5. The number of benzene rings is 4. The normalized spacial score (nSPS) is 17.7. The van der Waals surface area contributed by atoms with Gasteiger partial charge in [0.15, 0.2) is 0 Å². The third kappa shape index (κ3) is 5.84. The van der Waals surface area contributed by atoms with Crippen molar-refractivity contribution in [2.75, 3.05) is 16.5 Å². The number of allylic oxidation sites excluding steroid dienone is 3. The van der Waals surface area contributed by atoms with Crippen LogP contribution in [0.5, 0.6) is 0 Å². The predicted octanol–water partition coefficient (Wildman–Crippen LogP) is 6.80. The molecule has 0 spiro atoms. The van der Waals surface area contributed by atoms with Gasteiger partial charge in [0.1, 0.15) is 5.71 Å². The number of fused-ring (bicyclic) bond motifs is 3. The Kier molecular flexibility index (Phi) is 8.06. The molecule has 0 aliphatic carbocycles. The highest BCUT2D eigenvalue weighted by atomic mass is 32.2. The second-order valence-corrected chi connectivity index (χ2v) is 14.2. The van der Waals surface area contributed by atoms with Gasteiger partial charge in [-0.15, -0.1) is 0 Å². The fraction of sp³-hybridized carbons (Fsp3) is 0.222. The monoisotopic (exact) mass is 649 g/mol. The topological polar surface area (TPSA) is 139 Å². The molecule has 4 aromatic rings. The number of nitro benzene ring substituents is 1. The molecule has 2 aliphatic rings. The Bertz CT molecular complexity index is 2120. The number of non-ortho nitro benzene ring substituents is 1. The molecule has 0 radical (unpaired) electrons. The predicted molar refractivity (Wildman–Crippen MR) is 185 cm³/mol. The van der Waals surface area contributed by atoms with Crippen LogP contribution in [-0.2, 0) is 20.2 Å². The molecule has 11 heteroatoms. The van der Waals surface area contributed by atoms with E-state index in [1.165, 1.54) is 52.4 Å². The first kappa shape index (κ1) is 31.8. The van der Waals surface area contributed by atoms with Crippen LogP contribution >= 0.6 is 0 Å². The minimum atomic E-state index is -3.93. The van der Waals surface area contributed by atoms with E-state index in [2.05, 4.69) is 68.0 Å². The van der Waals surface area contributed by atoms with Gasteiger partial charge in [-0.2, -0.15) is 10.1 Å². The van der Waals surface area contributed by atoms with Crippen molar-refractivity contribution in [3.05, 3.63) is 130 Å². The first-order chi connectivity index (χ1) is 22.3. The molecular weight excluding hydrogens is 614 g/mol. The summed E-state index contributed by atoms with van der Waals surface area (Å²) in [5.41, 5.74) is 4.40. The minimum absolute atomic E-state index is 0.0831. The van der Waals surface area contributed by atoms with Gasteiger partial charge in [0.25, 0.3) is 11.6 Å². The number of sulfonamides is 1. The Morgan fingerprint density at radius 1 is 0.957 bits per heavy atom. The number of anilines is 2. The first-order valence-corrected chi connectivity index (χ1v) is 16.9. The summed E-state index contributed by atoms with van der Waals surface area (Å²) in [7, 11) is -3.93. The standard InChI is InChI=1S/C36H35N5O5S/c1-23(2)21-22-39-31-19-11-24-7-5-6-8-29(24)33(31)36(3,4)32(39)20-18-30-34(25-9-12-27(13-10-25)41(43)44)38-40(35(30)42)26-14-16-28(17-15-26)47(37,45)46/h5-20,23H,21-22H2,1-4H3,(H2,37,45,46)/b30-18-,32-20+. The number of carbonyl (C=O) groups excluding carboxylic acids is 1. The molecule has 0 fully saturated rings. The molecule has 6 rings (SSSR count). The van der Waals surface area contributed by atoms with Gasteiger partial charge < -0.3 is 4.90 Å². The molecule has 0 saturated carbocycles. The molecule has 47 heavy (non-hydrogen) atoms. The summed E-state index contributed by atoms with van der Waals surface area (Å²) in [5.74, 6) is 0.0553. The van der Waals surface area contributed by atoms with Gasteiger partial charge >= 0.3 is 0 Å². The Morgan fingerprint density at radius 3 is 2.28 bits per heavy atom. The van der Waals surface area contributed by atoms with Crippen LogP contribution in [0.3, 0.4) is 0 Å². The Morgan fingerprint density at radius 2 is 1.64 bits per heavy atom. The maximum Gasteiger partial charge on any atom is 0.281 e. The number of primary sulfonamides is 1. The van der Waals surface area contributed by atoms with Crippen molar-refractivity contribution >= 4 is 49.5 Å². The number of hydrogen-bond acceptors (Lipinski definition) is 7. The number of carbonyl (C=O) groups is 1. The van der Waals surface area contributed by atoms with E-state index in [1.54, 1.807) is 18.2 Å². The van der Waals surface area contributed by atoms with Gasteiger partial charge in [-0.3, -0.25) is 14.9 Å². The van der Waals surface area contributed by atoms with Gasteiger partial charge in [0.2, 0.25) is 10.0 Å². The van der Waals surface area contributed by atoms with E-state index in [0.717, 1.165) is 29.7 Å². The summed E-state index contributed by atoms with van der Waals surface area (Å²) in [6.45, 7) is 9.57. The molecule has 0 saturated heterocycles. The van der Waals surface area contributed by atoms with Crippen LogP contribution in [0.25, 0.3) is 10.8 Å². The second kappa shape index (κ2) is 11.9. The number of rotatable bonds is 8. The second-order valence-electron chi connectivity index (χ2n) is 12.7. The molecule has 10 nitrogen and oxygen atoms in total. The molecule has 0 unspecified atom stereocenters. The van der Waals surface area contributed by atoms with Crippen molar-refractivity contribution in [1.29, 1.82) is 0 Å². The largest absolute Gasteiger partial charge is 0.344 e. The Labute approximate surface area is 273 Å². The molecule has 4 aromatic carbocycles. The van der Waals surface area contributed by atoms with Crippen LogP contribution in [0.1, 0.15) is 45.2 Å². The zero-order valence-corrected chi connectivity index (χ0v) is 27.4. The van der Waals surface area contributed by atoms with Crippen molar-refractivity contribution < 1.29 is 18.1 Å².